The zero-order valence-corrected chi connectivity index (χ0v) is 14.5. The van der Waals surface area contributed by atoms with E-state index in [0.29, 0.717) is 24.0 Å². The van der Waals surface area contributed by atoms with Crippen LogP contribution < -0.4 is 4.74 Å². The Balaban J connectivity index is 1.52. The second-order valence-electron chi connectivity index (χ2n) is 5.13. The van der Waals surface area contributed by atoms with Gasteiger partial charge in [-0.05, 0) is 45.8 Å². The Bertz CT molecular complexity index is 745. The molecule has 0 radical (unpaired) electrons. The molecule has 0 saturated carbocycles. The van der Waals surface area contributed by atoms with Crippen LogP contribution in [-0.2, 0) is 4.79 Å². The number of aromatic nitrogens is 1. The molecule has 2 aromatic rings. The summed E-state index contributed by atoms with van der Waals surface area (Å²) < 4.78 is 6.55. The van der Waals surface area contributed by atoms with Gasteiger partial charge >= 0.3 is 0 Å². The Labute approximate surface area is 147 Å². The summed E-state index contributed by atoms with van der Waals surface area (Å²) in [7, 11) is 0. The Morgan fingerprint density at radius 3 is 2.83 bits per heavy atom. The average molecular weight is 394 g/mol. The highest BCUT2D eigenvalue weighted by Crippen LogP contribution is 2.24. The summed E-state index contributed by atoms with van der Waals surface area (Å²) in [6.45, 7) is 1.10. The number of amides is 1. The summed E-state index contributed by atoms with van der Waals surface area (Å²) in [6, 6.07) is 11.1. The highest BCUT2D eigenvalue weighted by atomic mass is 79.9. The molecule has 1 aromatic carbocycles. The summed E-state index contributed by atoms with van der Waals surface area (Å²) in [6.07, 6.45) is 4.91. The first-order chi connectivity index (χ1) is 11.1. The van der Waals surface area contributed by atoms with Crippen molar-refractivity contribution in [2.75, 3.05) is 13.1 Å². The number of halogens is 2. The van der Waals surface area contributed by atoms with Gasteiger partial charge in [0.05, 0.1) is 17.6 Å². The number of hydrogen-bond donors (Lipinski definition) is 0. The fraction of sp³-hybridized carbons (Fsp3) is 0.176. The molecule has 0 atom stereocenters. The lowest BCUT2D eigenvalue weighted by atomic mass is 10.1. The third-order valence-electron chi connectivity index (χ3n) is 3.47. The number of pyridine rings is 1. The first-order valence-corrected chi connectivity index (χ1v) is 8.29. The molecule has 1 saturated heterocycles. The number of rotatable bonds is 4. The molecule has 1 aliphatic rings. The van der Waals surface area contributed by atoms with E-state index < -0.39 is 0 Å². The predicted molar refractivity (Wildman–Crippen MR) is 93.4 cm³/mol. The molecule has 2 heterocycles. The summed E-state index contributed by atoms with van der Waals surface area (Å²) in [5.74, 6) is 0.501. The van der Waals surface area contributed by atoms with Gasteiger partial charge in [0.15, 0.2) is 0 Å². The average Bonchev–Trinajstić information content (AvgIpc) is 2.51. The number of likely N-dealkylation sites (tertiary alicyclic amines) is 1. The monoisotopic (exact) mass is 392 g/mol. The van der Waals surface area contributed by atoms with E-state index in [-0.39, 0.29) is 12.0 Å². The SMILES string of the molecule is O=C(/C=C/c1ccccc1Cl)N1CC(Oc2ncccc2Br)C1. The molecule has 1 aromatic heterocycles. The maximum atomic E-state index is 12.1. The fourth-order valence-corrected chi connectivity index (χ4v) is 2.73. The molecule has 6 heteroatoms. The molecule has 0 spiro atoms. The number of benzene rings is 1. The quantitative estimate of drug-likeness (QED) is 0.742. The Morgan fingerprint density at radius 1 is 1.30 bits per heavy atom. The third kappa shape index (κ3) is 3.92. The van der Waals surface area contributed by atoms with Crippen LogP contribution in [0.4, 0.5) is 0 Å². The highest BCUT2D eigenvalue weighted by molar-refractivity contribution is 9.10. The number of ether oxygens (including phenoxy) is 1. The lowest BCUT2D eigenvalue weighted by Crippen LogP contribution is -2.55. The van der Waals surface area contributed by atoms with Crippen LogP contribution in [0.5, 0.6) is 5.88 Å². The second kappa shape index (κ2) is 7.15. The van der Waals surface area contributed by atoms with E-state index in [0.717, 1.165) is 10.0 Å². The highest BCUT2D eigenvalue weighted by Gasteiger charge is 2.31. The van der Waals surface area contributed by atoms with Gasteiger partial charge in [-0.25, -0.2) is 4.98 Å². The van der Waals surface area contributed by atoms with Crippen molar-refractivity contribution in [1.82, 2.24) is 9.88 Å². The molecule has 1 fully saturated rings. The lowest BCUT2D eigenvalue weighted by molar-refractivity contribution is -0.134. The minimum Gasteiger partial charge on any atom is -0.470 e. The molecular weight excluding hydrogens is 380 g/mol. The standard InChI is InChI=1S/C17H14BrClN2O2/c18-14-5-3-9-20-17(14)23-13-10-21(11-13)16(22)8-7-12-4-1-2-6-15(12)19/h1-9,13H,10-11H2/b8-7+. The minimum absolute atomic E-state index is 0.0288. The molecule has 0 N–H and O–H groups in total. The van der Waals surface area contributed by atoms with Crippen LogP contribution in [0.15, 0.2) is 53.1 Å². The van der Waals surface area contributed by atoms with Gasteiger partial charge in [-0.3, -0.25) is 4.79 Å². The predicted octanol–water partition coefficient (Wildman–Crippen LogP) is 3.80. The molecular formula is C17H14BrClN2O2. The molecule has 0 bridgehead atoms. The molecule has 3 rings (SSSR count). The van der Waals surface area contributed by atoms with Gasteiger partial charge in [0.1, 0.15) is 6.10 Å². The minimum atomic E-state index is -0.0511. The van der Waals surface area contributed by atoms with Gasteiger partial charge < -0.3 is 9.64 Å². The molecule has 118 valence electrons. The van der Waals surface area contributed by atoms with Gasteiger partial charge in [0.25, 0.3) is 0 Å². The summed E-state index contributed by atoms with van der Waals surface area (Å²) in [4.78, 5) is 18.0. The maximum absolute atomic E-state index is 12.1. The van der Waals surface area contributed by atoms with Crippen molar-refractivity contribution < 1.29 is 9.53 Å². The maximum Gasteiger partial charge on any atom is 0.246 e. The summed E-state index contributed by atoms with van der Waals surface area (Å²) in [5, 5.41) is 0.626. The molecule has 0 unspecified atom stereocenters. The first kappa shape index (κ1) is 16.0. The molecule has 4 nitrogen and oxygen atoms in total. The van der Waals surface area contributed by atoms with Crippen LogP contribution in [0.2, 0.25) is 5.02 Å². The van der Waals surface area contributed by atoms with E-state index in [1.54, 1.807) is 23.2 Å². The topological polar surface area (TPSA) is 42.4 Å². The fourth-order valence-electron chi connectivity index (χ4n) is 2.19. The van der Waals surface area contributed by atoms with Crippen LogP contribution >= 0.6 is 27.5 Å². The lowest BCUT2D eigenvalue weighted by Gasteiger charge is -2.38. The van der Waals surface area contributed by atoms with Crippen molar-refractivity contribution in [3.05, 3.63) is 63.7 Å². The van der Waals surface area contributed by atoms with Crippen molar-refractivity contribution in [2.24, 2.45) is 0 Å². The summed E-state index contributed by atoms with van der Waals surface area (Å²) >= 11 is 9.44. The van der Waals surface area contributed by atoms with Gasteiger partial charge in [-0.2, -0.15) is 0 Å². The zero-order valence-electron chi connectivity index (χ0n) is 12.2. The smallest absolute Gasteiger partial charge is 0.246 e. The van der Waals surface area contributed by atoms with Crippen molar-refractivity contribution in [1.29, 1.82) is 0 Å². The van der Waals surface area contributed by atoms with Crippen LogP contribution in [-0.4, -0.2) is 35.0 Å². The normalized spacial score (nSPS) is 14.8. The third-order valence-corrected chi connectivity index (χ3v) is 4.42. The summed E-state index contributed by atoms with van der Waals surface area (Å²) in [5.41, 5.74) is 0.827. The Morgan fingerprint density at radius 2 is 2.09 bits per heavy atom. The Kier molecular flexibility index (Phi) is 4.98. The molecule has 23 heavy (non-hydrogen) atoms. The van der Waals surface area contributed by atoms with E-state index in [4.69, 9.17) is 16.3 Å². The van der Waals surface area contributed by atoms with E-state index in [2.05, 4.69) is 20.9 Å². The first-order valence-electron chi connectivity index (χ1n) is 7.12. The van der Waals surface area contributed by atoms with Crippen molar-refractivity contribution in [3.8, 4) is 5.88 Å². The van der Waals surface area contributed by atoms with Crippen LogP contribution in [0.25, 0.3) is 6.08 Å². The van der Waals surface area contributed by atoms with E-state index in [9.17, 15) is 4.79 Å². The number of hydrogen-bond acceptors (Lipinski definition) is 3. The van der Waals surface area contributed by atoms with E-state index in [1.807, 2.05) is 30.3 Å². The van der Waals surface area contributed by atoms with Crippen molar-refractivity contribution in [3.63, 3.8) is 0 Å². The molecule has 1 aliphatic heterocycles. The largest absolute Gasteiger partial charge is 0.470 e. The van der Waals surface area contributed by atoms with Gasteiger partial charge in [0.2, 0.25) is 11.8 Å². The van der Waals surface area contributed by atoms with Crippen LogP contribution in [0, 0.1) is 0 Å². The molecule has 1 amide bonds. The zero-order chi connectivity index (χ0) is 16.2. The number of nitrogens with zero attached hydrogens (tertiary/aromatic N) is 2. The van der Waals surface area contributed by atoms with Crippen molar-refractivity contribution in [2.45, 2.75) is 6.10 Å². The van der Waals surface area contributed by atoms with Crippen LogP contribution in [0.1, 0.15) is 5.56 Å². The van der Waals surface area contributed by atoms with Gasteiger partial charge in [-0.15, -0.1) is 0 Å². The number of carbonyl (C=O) groups excluding carboxylic acids is 1. The Hall–Kier alpha value is -1.85. The van der Waals surface area contributed by atoms with Gasteiger partial charge in [-0.1, -0.05) is 29.8 Å². The van der Waals surface area contributed by atoms with Gasteiger partial charge in [0, 0.05) is 17.3 Å². The molecule has 0 aliphatic carbocycles. The van der Waals surface area contributed by atoms with E-state index in [1.165, 1.54) is 6.08 Å². The van der Waals surface area contributed by atoms with Crippen LogP contribution in [0.3, 0.4) is 0 Å². The number of carbonyl (C=O) groups is 1. The van der Waals surface area contributed by atoms with Crippen molar-refractivity contribution >= 4 is 39.5 Å². The van der Waals surface area contributed by atoms with E-state index >= 15 is 0 Å². The second-order valence-corrected chi connectivity index (χ2v) is 6.39.